The standard InChI is InChI=1S/C13H14N3/c1-11(10-12-6-2-4-8-14-12)16-13-7-3-5-9-15-13/h2-4,6-9,11H,10H2,1H3,(H,15,16). The second-order valence-electron chi connectivity index (χ2n) is 3.71. The van der Waals surface area contributed by atoms with Gasteiger partial charge in [0.25, 0.3) is 0 Å². The molecule has 3 heteroatoms. The molecule has 2 rings (SSSR count). The highest BCUT2D eigenvalue weighted by molar-refractivity contribution is 5.34. The fourth-order valence-electron chi connectivity index (χ4n) is 1.54. The molecule has 1 radical (unpaired) electrons. The van der Waals surface area contributed by atoms with Gasteiger partial charge in [0.15, 0.2) is 0 Å². The zero-order chi connectivity index (χ0) is 11.2. The lowest BCUT2D eigenvalue weighted by Gasteiger charge is -2.13. The second-order valence-corrected chi connectivity index (χ2v) is 3.71. The fraction of sp³-hybridized carbons (Fsp3) is 0.231. The van der Waals surface area contributed by atoms with E-state index in [0.29, 0.717) is 6.04 Å². The summed E-state index contributed by atoms with van der Waals surface area (Å²) in [6, 6.07) is 12.9. The highest BCUT2D eigenvalue weighted by atomic mass is 15.0. The Balaban J connectivity index is 1.92. The van der Waals surface area contributed by atoms with E-state index in [1.54, 1.807) is 6.20 Å². The van der Waals surface area contributed by atoms with Gasteiger partial charge in [0.1, 0.15) is 5.82 Å². The quantitative estimate of drug-likeness (QED) is 0.845. The molecule has 1 N–H and O–H groups in total. The van der Waals surface area contributed by atoms with Crippen molar-refractivity contribution in [3.8, 4) is 0 Å². The normalized spacial score (nSPS) is 12.1. The number of hydrogen-bond donors (Lipinski definition) is 1. The summed E-state index contributed by atoms with van der Waals surface area (Å²) in [5, 5.41) is 3.32. The number of pyridine rings is 2. The van der Waals surface area contributed by atoms with E-state index >= 15 is 0 Å². The van der Waals surface area contributed by atoms with E-state index in [0.717, 1.165) is 17.9 Å². The average molecular weight is 212 g/mol. The topological polar surface area (TPSA) is 37.8 Å². The van der Waals surface area contributed by atoms with E-state index in [2.05, 4.69) is 28.3 Å². The van der Waals surface area contributed by atoms with Crippen molar-refractivity contribution in [1.82, 2.24) is 9.97 Å². The van der Waals surface area contributed by atoms with Gasteiger partial charge in [-0.2, -0.15) is 0 Å². The first-order valence-electron chi connectivity index (χ1n) is 5.33. The number of hydrogen-bond acceptors (Lipinski definition) is 3. The van der Waals surface area contributed by atoms with E-state index < -0.39 is 0 Å². The molecule has 0 amide bonds. The molecule has 0 saturated heterocycles. The Bertz CT molecular complexity index is 372. The minimum atomic E-state index is 0.310. The molecule has 0 bridgehead atoms. The molecule has 1 atom stereocenters. The Morgan fingerprint density at radius 3 is 2.94 bits per heavy atom. The van der Waals surface area contributed by atoms with Crippen LogP contribution in [0.3, 0.4) is 0 Å². The summed E-state index contributed by atoms with van der Waals surface area (Å²) in [4.78, 5) is 8.47. The monoisotopic (exact) mass is 212 g/mol. The first kappa shape index (κ1) is 10.6. The predicted molar refractivity (Wildman–Crippen MR) is 64.1 cm³/mol. The molecule has 0 aromatic carbocycles. The van der Waals surface area contributed by atoms with Crippen molar-refractivity contribution in [2.75, 3.05) is 5.32 Å². The number of nitrogens with zero attached hydrogens (tertiary/aromatic N) is 2. The van der Waals surface area contributed by atoms with Gasteiger partial charge < -0.3 is 5.32 Å². The molecule has 0 aliphatic carbocycles. The largest absolute Gasteiger partial charge is 0.367 e. The summed E-state index contributed by atoms with van der Waals surface area (Å²) >= 11 is 0. The van der Waals surface area contributed by atoms with Gasteiger partial charge in [0.2, 0.25) is 0 Å². The maximum Gasteiger partial charge on any atom is 0.126 e. The molecule has 2 heterocycles. The zero-order valence-corrected chi connectivity index (χ0v) is 9.22. The van der Waals surface area contributed by atoms with Crippen molar-refractivity contribution < 1.29 is 0 Å². The van der Waals surface area contributed by atoms with Gasteiger partial charge in [0, 0.05) is 36.6 Å². The average Bonchev–Trinajstić information content (AvgIpc) is 2.31. The Kier molecular flexibility index (Phi) is 3.49. The molecule has 0 fully saturated rings. The van der Waals surface area contributed by atoms with Gasteiger partial charge in [-0.05, 0) is 31.2 Å². The third-order valence-electron chi connectivity index (χ3n) is 2.25. The number of aromatic nitrogens is 2. The van der Waals surface area contributed by atoms with Gasteiger partial charge in [-0.15, -0.1) is 0 Å². The maximum absolute atomic E-state index is 4.29. The molecule has 3 nitrogen and oxygen atoms in total. The van der Waals surface area contributed by atoms with Gasteiger partial charge in [-0.3, -0.25) is 4.98 Å². The van der Waals surface area contributed by atoms with Crippen molar-refractivity contribution in [3.05, 3.63) is 54.5 Å². The van der Waals surface area contributed by atoms with Crippen molar-refractivity contribution in [3.63, 3.8) is 0 Å². The Labute approximate surface area is 95.6 Å². The highest BCUT2D eigenvalue weighted by Gasteiger charge is 2.04. The van der Waals surface area contributed by atoms with Crippen molar-refractivity contribution in [2.45, 2.75) is 19.4 Å². The van der Waals surface area contributed by atoms with Crippen LogP contribution < -0.4 is 5.32 Å². The van der Waals surface area contributed by atoms with Gasteiger partial charge in [0.05, 0.1) is 0 Å². The molecule has 1 unspecified atom stereocenters. The summed E-state index contributed by atoms with van der Waals surface area (Å²) < 4.78 is 0. The lowest BCUT2D eigenvalue weighted by Crippen LogP contribution is -2.19. The SMILES string of the molecule is CC(Cc1ccccn1)Nc1cc[c]cn1. The fourth-order valence-corrected chi connectivity index (χ4v) is 1.54. The van der Waals surface area contributed by atoms with E-state index in [-0.39, 0.29) is 0 Å². The first-order chi connectivity index (χ1) is 7.84. The van der Waals surface area contributed by atoms with E-state index in [1.165, 1.54) is 0 Å². The first-order valence-corrected chi connectivity index (χ1v) is 5.33. The van der Waals surface area contributed by atoms with E-state index in [1.807, 2.05) is 36.5 Å². The van der Waals surface area contributed by atoms with Crippen LogP contribution >= 0.6 is 0 Å². The van der Waals surface area contributed by atoms with E-state index in [9.17, 15) is 0 Å². The van der Waals surface area contributed by atoms with Gasteiger partial charge in [-0.25, -0.2) is 4.98 Å². The molecule has 0 saturated carbocycles. The molecule has 81 valence electrons. The summed E-state index contributed by atoms with van der Waals surface area (Å²) in [5.41, 5.74) is 1.09. The minimum absolute atomic E-state index is 0.310. The summed E-state index contributed by atoms with van der Waals surface area (Å²) in [5.74, 6) is 0.877. The zero-order valence-electron chi connectivity index (χ0n) is 9.22. The lowest BCUT2D eigenvalue weighted by atomic mass is 10.1. The van der Waals surface area contributed by atoms with E-state index in [4.69, 9.17) is 0 Å². The van der Waals surface area contributed by atoms with Gasteiger partial charge >= 0.3 is 0 Å². The number of rotatable bonds is 4. The highest BCUT2D eigenvalue weighted by Crippen LogP contribution is 2.06. The Morgan fingerprint density at radius 1 is 1.31 bits per heavy atom. The molecule has 2 aromatic rings. The van der Waals surface area contributed by atoms with Crippen LogP contribution in [0.4, 0.5) is 5.82 Å². The maximum atomic E-state index is 4.29. The molecule has 0 aliphatic rings. The summed E-state index contributed by atoms with van der Waals surface area (Å²) in [6.07, 6.45) is 4.37. The third kappa shape index (κ3) is 3.05. The van der Waals surface area contributed by atoms with Crippen LogP contribution in [-0.2, 0) is 6.42 Å². The third-order valence-corrected chi connectivity index (χ3v) is 2.25. The molecular weight excluding hydrogens is 198 g/mol. The van der Waals surface area contributed by atoms with Crippen LogP contribution in [-0.4, -0.2) is 16.0 Å². The van der Waals surface area contributed by atoms with Crippen LogP contribution in [0, 0.1) is 6.07 Å². The van der Waals surface area contributed by atoms with Gasteiger partial charge in [-0.1, -0.05) is 6.07 Å². The summed E-state index contributed by atoms with van der Waals surface area (Å²) in [7, 11) is 0. The minimum Gasteiger partial charge on any atom is -0.367 e. The van der Waals surface area contributed by atoms with Crippen LogP contribution in [0.2, 0.25) is 0 Å². The van der Waals surface area contributed by atoms with Crippen LogP contribution in [0.25, 0.3) is 0 Å². The second kappa shape index (κ2) is 5.26. The smallest absolute Gasteiger partial charge is 0.126 e. The number of anilines is 1. The molecule has 2 aromatic heterocycles. The molecular formula is C13H14N3. The Morgan fingerprint density at radius 2 is 2.25 bits per heavy atom. The molecule has 0 spiro atoms. The van der Waals surface area contributed by atoms with Crippen molar-refractivity contribution >= 4 is 5.82 Å². The van der Waals surface area contributed by atoms with Crippen LogP contribution in [0.15, 0.2) is 42.7 Å². The number of nitrogens with one attached hydrogen (secondary N) is 1. The van der Waals surface area contributed by atoms with Crippen molar-refractivity contribution in [2.24, 2.45) is 0 Å². The molecule has 0 aliphatic heterocycles. The van der Waals surface area contributed by atoms with Crippen LogP contribution in [0.1, 0.15) is 12.6 Å². The Hall–Kier alpha value is -1.90. The lowest BCUT2D eigenvalue weighted by molar-refractivity contribution is 0.765. The molecule has 16 heavy (non-hydrogen) atoms. The van der Waals surface area contributed by atoms with Crippen LogP contribution in [0.5, 0.6) is 0 Å². The predicted octanol–water partition coefficient (Wildman–Crippen LogP) is 2.32. The van der Waals surface area contributed by atoms with Crippen molar-refractivity contribution in [1.29, 1.82) is 0 Å². The summed E-state index contributed by atoms with van der Waals surface area (Å²) in [6.45, 7) is 2.12.